The molecule has 1 nitrogen and oxygen atoms in total. The van der Waals surface area contributed by atoms with Crippen LogP contribution < -0.4 is 5.73 Å². The first-order valence-corrected chi connectivity index (χ1v) is 6.80. The molecular weight excluding hydrogens is 206 g/mol. The molecule has 92 valence electrons. The van der Waals surface area contributed by atoms with Crippen molar-refractivity contribution in [3.05, 3.63) is 35.9 Å². The summed E-state index contributed by atoms with van der Waals surface area (Å²) in [5.41, 5.74) is 8.96. The van der Waals surface area contributed by atoms with E-state index in [0.717, 1.165) is 0 Å². The monoisotopic (exact) mass is 229 g/mol. The molecule has 0 aromatic heterocycles. The van der Waals surface area contributed by atoms with Gasteiger partial charge in [-0.15, -0.1) is 0 Å². The highest BCUT2D eigenvalue weighted by Gasteiger charge is 2.56. The van der Waals surface area contributed by atoms with E-state index in [1.807, 2.05) is 0 Å². The third-order valence-electron chi connectivity index (χ3n) is 4.79. The molecule has 17 heavy (non-hydrogen) atoms. The molecule has 2 fully saturated rings. The van der Waals surface area contributed by atoms with E-state index in [0.29, 0.717) is 16.7 Å². The van der Waals surface area contributed by atoms with Crippen molar-refractivity contribution in [2.45, 2.75) is 45.6 Å². The third-order valence-corrected chi connectivity index (χ3v) is 4.79. The molecule has 1 aromatic carbocycles. The van der Waals surface area contributed by atoms with Crippen molar-refractivity contribution in [3.8, 4) is 0 Å². The Morgan fingerprint density at radius 2 is 1.71 bits per heavy atom. The minimum Gasteiger partial charge on any atom is -0.324 e. The van der Waals surface area contributed by atoms with E-state index in [1.54, 1.807) is 0 Å². The SMILES string of the molecule is CC1(C)CC2(CC([C@@H](N)c3ccccc3)C2)C1. The Balaban J connectivity index is 1.60. The Morgan fingerprint density at radius 1 is 1.12 bits per heavy atom. The Labute approximate surface area is 104 Å². The van der Waals surface area contributed by atoms with Gasteiger partial charge >= 0.3 is 0 Å². The molecule has 1 heteroatoms. The van der Waals surface area contributed by atoms with E-state index in [1.165, 1.54) is 31.2 Å². The van der Waals surface area contributed by atoms with Crippen LogP contribution in [0.15, 0.2) is 30.3 Å². The molecule has 2 saturated carbocycles. The minimum atomic E-state index is 0.255. The van der Waals surface area contributed by atoms with Crippen LogP contribution in [0.25, 0.3) is 0 Å². The van der Waals surface area contributed by atoms with Crippen LogP contribution in [0.4, 0.5) is 0 Å². The van der Waals surface area contributed by atoms with Gasteiger partial charge in [0.1, 0.15) is 0 Å². The molecule has 0 unspecified atom stereocenters. The summed E-state index contributed by atoms with van der Waals surface area (Å²) < 4.78 is 0. The quantitative estimate of drug-likeness (QED) is 0.817. The van der Waals surface area contributed by atoms with E-state index in [4.69, 9.17) is 5.73 Å². The molecule has 2 aliphatic carbocycles. The fourth-order valence-electron chi connectivity index (χ4n) is 4.52. The normalized spacial score (nSPS) is 27.2. The van der Waals surface area contributed by atoms with Crippen LogP contribution in [0.3, 0.4) is 0 Å². The number of hydrogen-bond donors (Lipinski definition) is 1. The van der Waals surface area contributed by atoms with Gasteiger partial charge in [-0.05, 0) is 48.0 Å². The second-order valence-corrected chi connectivity index (χ2v) is 7.12. The van der Waals surface area contributed by atoms with Crippen molar-refractivity contribution in [2.24, 2.45) is 22.5 Å². The first kappa shape index (κ1) is 11.3. The maximum absolute atomic E-state index is 6.37. The van der Waals surface area contributed by atoms with E-state index in [-0.39, 0.29) is 6.04 Å². The maximum Gasteiger partial charge on any atom is 0.0323 e. The van der Waals surface area contributed by atoms with Gasteiger partial charge in [0.25, 0.3) is 0 Å². The molecule has 0 radical (unpaired) electrons. The largest absolute Gasteiger partial charge is 0.324 e. The summed E-state index contributed by atoms with van der Waals surface area (Å²) in [4.78, 5) is 0. The van der Waals surface area contributed by atoms with Gasteiger partial charge in [-0.2, -0.15) is 0 Å². The van der Waals surface area contributed by atoms with Crippen molar-refractivity contribution in [1.82, 2.24) is 0 Å². The highest BCUT2D eigenvalue weighted by molar-refractivity contribution is 5.21. The predicted molar refractivity (Wildman–Crippen MR) is 71.5 cm³/mol. The zero-order chi connectivity index (χ0) is 12.1. The maximum atomic E-state index is 6.37. The van der Waals surface area contributed by atoms with E-state index < -0.39 is 0 Å². The lowest BCUT2D eigenvalue weighted by Crippen LogP contribution is -2.53. The smallest absolute Gasteiger partial charge is 0.0323 e. The van der Waals surface area contributed by atoms with Crippen molar-refractivity contribution in [1.29, 1.82) is 0 Å². The Kier molecular flexibility index (Phi) is 2.38. The summed E-state index contributed by atoms with van der Waals surface area (Å²) in [7, 11) is 0. The van der Waals surface area contributed by atoms with Gasteiger partial charge in [-0.25, -0.2) is 0 Å². The zero-order valence-electron chi connectivity index (χ0n) is 10.9. The Morgan fingerprint density at radius 3 is 2.24 bits per heavy atom. The Hall–Kier alpha value is -0.820. The molecule has 1 aromatic rings. The lowest BCUT2D eigenvalue weighted by atomic mass is 9.43. The lowest BCUT2D eigenvalue weighted by molar-refractivity contribution is -0.116. The molecular formula is C16H23N. The summed E-state index contributed by atoms with van der Waals surface area (Å²) in [5, 5.41) is 0. The van der Waals surface area contributed by atoms with E-state index >= 15 is 0 Å². The molecule has 1 spiro atoms. The standard InChI is InChI=1S/C16H23N/c1-15(2)10-16(11-15)8-13(9-16)14(17)12-6-4-3-5-7-12/h3-7,13-14H,8-11,17H2,1-2H3/t14-/m0/s1. The molecule has 0 heterocycles. The van der Waals surface area contributed by atoms with Crippen LogP contribution in [0.1, 0.15) is 51.1 Å². The summed E-state index contributed by atoms with van der Waals surface area (Å²) in [6, 6.07) is 10.8. The summed E-state index contributed by atoms with van der Waals surface area (Å²) in [6.45, 7) is 4.78. The number of benzene rings is 1. The molecule has 0 saturated heterocycles. The Bertz CT molecular complexity index is 391. The first-order valence-electron chi connectivity index (χ1n) is 6.80. The second-order valence-electron chi connectivity index (χ2n) is 7.12. The molecule has 1 atom stereocenters. The summed E-state index contributed by atoms with van der Waals surface area (Å²) in [6.07, 6.45) is 5.54. The minimum absolute atomic E-state index is 0.255. The van der Waals surface area contributed by atoms with Crippen LogP contribution in [0.2, 0.25) is 0 Å². The van der Waals surface area contributed by atoms with Crippen LogP contribution in [-0.4, -0.2) is 0 Å². The van der Waals surface area contributed by atoms with E-state index in [9.17, 15) is 0 Å². The summed E-state index contributed by atoms with van der Waals surface area (Å²) in [5.74, 6) is 0.716. The van der Waals surface area contributed by atoms with Crippen LogP contribution in [-0.2, 0) is 0 Å². The van der Waals surface area contributed by atoms with Crippen molar-refractivity contribution in [3.63, 3.8) is 0 Å². The number of rotatable bonds is 2. The first-order chi connectivity index (χ1) is 8.00. The van der Waals surface area contributed by atoms with E-state index in [2.05, 4.69) is 44.2 Å². The fraction of sp³-hybridized carbons (Fsp3) is 0.625. The molecule has 0 bridgehead atoms. The van der Waals surface area contributed by atoms with Crippen molar-refractivity contribution < 1.29 is 0 Å². The van der Waals surface area contributed by atoms with Gasteiger partial charge in [0, 0.05) is 6.04 Å². The molecule has 2 N–H and O–H groups in total. The zero-order valence-corrected chi connectivity index (χ0v) is 10.9. The molecule has 2 aliphatic rings. The van der Waals surface area contributed by atoms with Crippen molar-refractivity contribution in [2.75, 3.05) is 0 Å². The summed E-state index contributed by atoms with van der Waals surface area (Å²) >= 11 is 0. The second kappa shape index (κ2) is 3.58. The van der Waals surface area contributed by atoms with Gasteiger partial charge < -0.3 is 5.73 Å². The van der Waals surface area contributed by atoms with Crippen LogP contribution >= 0.6 is 0 Å². The van der Waals surface area contributed by atoms with Gasteiger partial charge in [0.2, 0.25) is 0 Å². The molecule has 0 aliphatic heterocycles. The topological polar surface area (TPSA) is 26.0 Å². The van der Waals surface area contributed by atoms with Crippen LogP contribution in [0, 0.1) is 16.7 Å². The lowest BCUT2D eigenvalue weighted by Gasteiger charge is -2.63. The van der Waals surface area contributed by atoms with Crippen molar-refractivity contribution >= 4 is 0 Å². The van der Waals surface area contributed by atoms with Crippen LogP contribution in [0.5, 0.6) is 0 Å². The highest BCUT2D eigenvalue weighted by atomic mass is 14.7. The number of nitrogens with two attached hydrogens (primary N) is 1. The van der Waals surface area contributed by atoms with Gasteiger partial charge in [0.15, 0.2) is 0 Å². The predicted octanol–water partition coefficient (Wildman–Crippen LogP) is 3.90. The molecule has 0 amide bonds. The van der Waals surface area contributed by atoms with Gasteiger partial charge in [0.05, 0.1) is 0 Å². The van der Waals surface area contributed by atoms with Gasteiger partial charge in [-0.1, -0.05) is 44.2 Å². The number of hydrogen-bond acceptors (Lipinski definition) is 1. The highest BCUT2D eigenvalue weighted by Crippen LogP contribution is 2.67. The average Bonchev–Trinajstić information content (AvgIpc) is 2.22. The molecule has 3 rings (SSSR count). The van der Waals surface area contributed by atoms with Gasteiger partial charge in [-0.3, -0.25) is 0 Å². The fourth-order valence-corrected chi connectivity index (χ4v) is 4.52. The average molecular weight is 229 g/mol. The third kappa shape index (κ3) is 1.91.